The molecule has 214 valence electrons. The van der Waals surface area contributed by atoms with Crippen LogP contribution in [-0.4, -0.2) is 74.5 Å². The molecular weight excluding hydrogens is 563 g/mol. The summed E-state index contributed by atoms with van der Waals surface area (Å²) in [7, 11) is -3.73. The highest BCUT2D eigenvalue weighted by molar-refractivity contribution is 7.89. The van der Waals surface area contributed by atoms with E-state index in [4.69, 9.17) is 4.74 Å². The molecule has 1 fully saturated rings. The van der Waals surface area contributed by atoms with Crippen LogP contribution in [0.3, 0.4) is 0 Å². The van der Waals surface area contributed by atoms with Crippen molar-refractivity contribution in [1.82, 2.24) is 14.2 Å². The summed E-state index contributed by atoms with van der Waals surface area (Å²) in [5.74, 6) is -0.733. The third-order valence-electron chi connectivity index (χ3n) is 7.63. The van der Waals surface area contributed by atoms with Crippen molar-refractivity contribution in [3.63, 3.8) is 0 Å². The molecule has 4 aromatic rings. The van der Waals surface area contributed by atoms with E-state index < -0.39 is 15.8 Å². The highest BCUT2D eigenvalue weighted by Gasteiger charge is 2.29. The van der Waals surface area contributed by atoms with Crippen LogP contribution >= 0.6 is 11.3 Å². The molecule has 1 aromatic heterocycles. The molecule has 1 amide bonds. The number of hydrogen-bond donors (Lipinski definition) is 0. The molecule has 11 heteroatoms. The van der Waals surface area contributed by atoms with Crippen molar-refractivity contribution in [2.45, 2.75) is 24.3 Å². The monoisotopic (exact) mass is 594 g/mol. The topological polar surface area (TPSA) is 83.1 Å². The Morgan fingerprint density at radius 1 is 0.976 bits per heavy atom. The smallest absolute Gasteiger partial charge is 0.260 e. The molecule has 0 saturated carbocycles. The van der Waals surface area contributed by atoms with Crippen LogP contribution in [0.2, 0.25) is 0 Å². The Kier molecular flexibility index (Phi) is 8.14. The van der Waals surface area contributed by atoms with Crippen LogP contribution < -0.4 is 4.90 Å². The third kappa shape index (κ3) is 5.91. The van der Waals surface area contributed by atoms with Crippen molar-refractivity contribution in [2.24, 2.45) is 0 Å². The summed E-state index contributed by atoms with van der Waals surface area (Å²) in [6, 6.07) is 18.7. The zero-order chi connectivity index (χ0) is 28.4. The summed E-state index contributed by atoms with van der Waals surface area (Å²) in [6.45, 7) is 5.00. The molecule has 2 aliphatic rings. The van der Waals surface area contributed by atoms with Gasteiger partial charge in [-0.3, -0.25) is 14.6 Å². The molecule has 0 bridgehead atoms. The van der Waals surface area contributed by atoms with E-state index in [9.17, 15) is 17.6 Å². The van der Waals surface area contributed by atoms with Gasteiger partial charge in [0.2, 0.25) is 10.0 Å². The van der Waals surface area contributed by atoms with Crippen LogP contribution in [-0.2, 0) is 27.7 Å². The van der Waals surface area contributed by atoms with Gasteiger partial charge in [-0.2, -0.15) is 4.31 Å². The van der Waals surface area contributed by atoms with E-state index in [0.29, 0.717) is 61.1 Å². The number of rotatable bonds is 8. The number of hydrogen-bond acceptors (Lipinski definition) is 7. The summed E-state index contributed by atoms with van der Waals surface area (Å²) in [4.78, 5) is 22.3. The Labute approximate surface area is 243 Å². The van der Waals surface area contributed by atoms with Gasteiger partial charge >= 0.3 is 0 Å². The van der Waals surface area contributed by atoms with Crippen molar-refractivity contribution >= 4 is 42.6 Å². The normalized spacial score (nSPS) is 16.5. The van der Waals surface area contributed by atoms with Crippen LogP contribution in [0.1, 0.15) is 27.9 Å². The van der Waals surface area contributed by atoms with Gasteiger partial charge in [-0.1, -0.05) is 41.7 Å². The van der Waals surface area contributed by atoms with E-state index in [2.05, 4.69) is 9.88 Å². The lowest BCUT2D eigenvalue weighted by Gasteiger charge is -2.28. The minimum atomic E-state index is -3.73. The standard InChI is InChI=1S/C30H31FN4O4S2/c31-26-7-3-8-27-28(26)32-30(40-27)35(15-4-14-33-17-19-39-20-18-33)29(36)23-9-11-25(12-10-23)41(37,38)34-16-13-22-5-1-2-6-24(22)21-34/h1-3,5-12H,4,13-21H2. The lowest BCUT2D eigenvalue weighted by Crippen LogP contribution is -2.39. The van der Waals surface area contributed by atoms with Crippen LogP contribution in [0.15, 0.2) is 71.6 Å². The minimum absolute atomic E-state index is 0.148. The number of halogens is 1. The van der Waals surface area contributed by atoms with E-state index >= 15 is 0 Å². The predicted octanol–water partition coefficient (Wildman–Crippen LogP) is 4.55. The van der Waals surface area contributed by atoms with Crippen molar-refractivity contribution in [3.8, 4) is 0 Å². The fourth-order valence-corrected chi connectivity index (χ4v) is 7.75. The molecule has 0 aliphatic carbocycles. The molecule has 8 nitrogen and oxygen atoms in total. The molecule has 0 unspecified atom stereocenters. The molecule has 2 aliphatic heterocycles. The molecule has 6 rings (SSSR count). The largest absolute Gasteiger partial charge is 0.379 e. The Morgan fingerprint density at radius 2 is 1.73 bits per heavy atom. The lowest BCUT2D eigenvalue weighted by atomic mass is 10.0. The summed E-state index contributed by atoms with van der Waals surface area (Å²) in [5, 5.41) is 0.417. The Bertz CT molecular complexity index is 1650. The van der Waals surface area contributed by atoms with Crippen molar-refractivity contribution in [1.29, 1.82) is 0 Å². The maximum absolute atomic E-state index is 14.4. The number of thiazole rings is 1. The van der Waals surface area contributed by atoms with Gasteiger partial charge in [-0.25, -0.2) is 17.8 Å². The average Bonchev–Trinajstić information content (AvgIpc) is 3.45. The van der Waals surface area contributed by atoms with Gasteiger partial charge in [0.05, 0.1) is 22.8 Å². The molecule has 1 saturated heterocycles. The number of sulfonamides is 1. The van der Waals surface area contributed by atoms with E-state index in [1.54, 1.807) is 29.2 Å². The number of anilines is 1. The maximum atomic E-state index is 14.4. The molecule has 0 spiro atoms. The number of ether oxygens (including phenoxy) is 1. The molecule has 41 heavy (non-hydrogen) atoms. The second-order valence-corrected chi connectivity index (χ2v) is 13.2. The quantitative estimate of drug-likeness (QED) is 0.298. The summed E-state index contributed by atoms with van der Waals surface area (Å²) >= 11 is 1.27. The van der Waals surface area contributed by atoms with Crippen LogP contribution in [0.25, 0.3) is 10.2 Å². The SMILES string of the molecule is O=C(c1ccc(S(=O)(=O)N2CCc3ccccc3C2)cc1)N(CCCN1CCOCC1)c1nc2c(F)cccc2s1. The lowest BCUT2D eigenvalue weighted by molar-refractivity contribution is 0.0376. The summed E-state index contributed by atoms with van der Waals surface area (Å²) < 4.78 is 48.9. The number of nitrogens with zero attached hydrogens (tertiary/aromatic N) is 4. The van der Waals surface area contributed by atoms with Gasteiger partial charge in [-0.05, 0) is 60.4 Å². The first-order valence-corrected chi connectivity index (χ1v) is 16.0. The maximum Gasteiger partial charge on any atom is 0.260 e. The third-order valence-corrected chi connectivity index (χ3v) is 10.5. The highest BCUT2D eigenvalue weighted by atomic mass is 32.2. The number of carbonyl (C=O) groups is 1. The van der Waals surface area contributed by atoms with E-state index in [-0.39, 0.29) is 16.3 Å². The van der Waals surface area contributed by atoms with Crippen molar-refractivity contribution < 1.29 is 22.3 Å². The molecular formula is C30H31FN4O4S2. The number of benzene rings is 3. The van der Waals surface area contributed by atoms with E-state index in [1.807, 2.05) is 24.3 Å². The fourth-order valence-electron chi connectivity index (χ4n) is 5.33. The number of fused-ring (bicyclic) bond motifs is 2. The van der Waals surface area contributed by atoms with Gasteiger partial charge in [0.1, 0.15) is 11.3 Å². The number of para-hydroxylation sites is 1. The molecule has 0 radical (unpaired) electrons. The molecule has 3 aromatic carbocycles. The zero-order valence-electron chi connectivity index (χ0n) is 22.5. The summed E-state index contributed by atoms with van der Waals surface area (Å²) in [5.41, 5.74) is 2.76. The Morgan fingerprint density at radius 3 is 2.49 bits per heavy atom. The number of carbonyl (C=O) groups excluding carboxylic acids is 1. The van der Waals surface area contributed by atoms with Crippen LogP contribution in [0, 0.1) is 5.82 Å². The second-order valence-electron chi connectivity index (χ2n) is 10.2. The first-order valence-electron chi connectivity index (χ1n) is 13.7. The number of amides is 1. The Hall–Kier alpha value is -3.22. The molecule has 0 N–H and O–H groups in total. The first-order chi connectivity index (χ1) is 19.9. The fraction of sp³-hybridized carbons (Fsp3) is 0.333. The van der Waals surface area contributed by atoms with Gasteiger partial charge in [0.25, 0.3) is 5.91 Å². The second kappa shape index (κ2) is 11.9. The first kappa shape index (κ1) is 27.9. The van der Waals surface area contributed by atoms with Gasteiger partial charge < -0.3 is 4.74 Å². The highest BCUT2D eigenvalue weighted by Crippen LogP contribution is 2.32. The molecule has 3 heterocycles. The van der Waals surface area contributed by atoms with E-state index in [0.717, 1.165) is 25.2 Å². The minimum Gasteiger partial charge on any atom is -0.379 e. The van der Waals surface area contributed by atoms with E-state index in [1.165, 1.54) is 39.4 Å². The van der Waals surface area contributed by atoms with Crippen molar-refractivity contribution in [3.05, 3.63) is 89.2 Å². The molecule has 0 atom stereocenters. The number of aromatic nitrogens is 1. The zero-order valence-corrected chi connectivity index (χ0v) is 24.2. The van der Waals surface area contributed by atoms with Gasteiger partial charge in [0, 0.05) is 44.8 Å². The van der Waals surface area contributed by atoms with Crippen molar-refractivity contribution in [2.75, 3.05) is 50.8 Å². The van der Waals surface area contributed by atoms with Gasteiger partial charge in [0.15, 0.2) is 5.13 Å². The summed E-state index contributed by atoms with van der Waals surface area (Å²) in [6.07, 6.45) is 1.36. The van der Waals surface area contributed by atoms with Crippen LogP contribution in [0.4, 0.5) is 9.52 Å². The Balaban J connectivity index is 1.22. The van der Waals surface area contributed by atoms with Gasteiger partial charge in [-0.15, -0.1) is 0 Å². The van der Waals surface area contributed by atoms with Crippen LogP contribution in [0.5, 0.6) is 0 Å². The average molecular weight is 595 g/mol. The predicted molar refractivity (Wildman–Crippen MR) is 157 cm³/mol. The number of morpholine rings is 1.